The summed E-state index contributed by atoms with van der Waals surface area (Å²) < 4.78 is 0. The first kappa shape index (κ1) is 17.4. The maximum absolute atomic E-state index is 11.9. The summed E-state index contributed by atoms with van der Waals surface area (Å²) in [6.45, 7) is 2.16. The Hall–Kier alpha value is -2.95. The van der Waals surface area contributed by atoms with Crippen LogP contribution in [0.25, 0.3) is 6.08 Å². The number of hydrogen-bond acceptors (Lipinski definition) is 3. The van der Waals surface area contributed by atoms with Crippen LogP contribution >= 0.6 is 0 Å². The fourth-order valence-corrected chi connectivity index (χ4v) is 2.20. The number of non-ortho nitro benzene ring substituents is 1. The SMILES string of the molecule is CCCCc1ccc(NC(=O)C=Cc2ccc([N+](=O)[O-])cc2)cc1. The van der Waals surface area contributed by atoms with Gasteiger partial charge in [0.15, 0.2) is 0 Å². The molecule has 2 aromatic rings. The number of hydrogen-bond donors (Lipinski definition) is 1. The molecule has 0 aliphatic rings. The topological polar surface area (TPSA) is 72.2 Å². The lowest BCUT2D eigenvalue weighted by molar-refractivity contribution is -0.384. The average Bonchev–Trinajstić information content (AvgIpc) is 2.59. The zero-order chi connectivity index (χ0) is 17.4. The van der Waals surface area contributed by atoms with Gasteiger partial charge >= 0.3 is 0 Å². The molecule has 2 aromatic carbocycles. The molecule has 1 N–H and O–H groups in total. The van der Waals surface area contributed by atoms with Crippen LogP contribution in [0.5, 0.6) is 0 Å². The molecular formula is C19H20N2O3. The first-order valence-corrected chi connectivity index (χ1v) is 7.91. The zero-order valence-electron chi connectivity index (χ0n) is 13.6. The van der Waals surface area contributed by atoms with E-state index >= 15 is 0 Å². The number of carbonyl (C=O) groups excluding carboxylic acids is 1. The van der Waals surface area contributed by atoms with Gasteiger partial charge in [-0.05, 0) is 54.3 Å². The lowest BCUT2D eigenvalue weighted by Crippen LogP contribution is -2.07. The minimum atomic E-state index is -0.454. The van der Waals surface area contributed by atoms with Crippen LogP contribution in [-0.4, -0.2) is 10.8 Å². The van der Waals surface area contributed by atoms with Gasteiger partial charge in [-0.1, -0.05) is 25.5 Å². The van der Waals surface area contributed by atoms with Crippen LogP contribution in [0.3, 0.4) is 0 Å². The van der Waals surface area contributed by atoms with Crippen LogP contribution in [0.1, 0.15) is 30.9 Å². The van der Waals surface area contributed by atoms with Gasteiger partial charge in [0.25, 0.3) is 5.69 Å². The molecule has 5 nitrogen and oxygen atoms in total. The first-order chi connectivity index (χ1) is 11.6. The van der Waals surface area contributed by atoms with Gasteiger partial charge in [-0.2, -0.15) is 0 Å². The summed E-state index contributed by atoms with van der Waals surface area (Å²) in [7, 11) is 0. The van der Waals surface area contributed by atoms with Crippen molar-refractivity contribution in [3.8, 4) is 0 Å². The smallest absolute Gasteiger partial charge is 0.269 e. The maximum atomic E-state index is 11.9. The van der Waals surface area contributed by atoms with Crippen molar-refractivity contribution in [2.45, 2.75) is 26.2 Å². The number of nitrogens with one attached hydrogen (secondary N) is 1. The van der Waals surface area contributed by atoms with Crippen molar-refractivity contribution in [3.05, 3.63) is 75.8 Å². The highest BCUT2D eigenvalue weighted by Gasteiger charge is 2.03. The Balaban J connectivity index is 1.91. The van der Waals surface area contributed by atoms with E-state index in [0.29, 0.717) is 0 Å². The van der Waals surface area contributed by atoms with Crippen LogP contribution < -0.4 is 5.32 Å². The molecule has 0 saturated carbocycles. The highest BCUT2D eigenvalue weighted by Crippen LogP contribution is 2.14. The van der Waals surface area contributed by atoms with Crippen molar-refractivity contribution < 1.29 is 9.72 Å². The van der Waals surface area contributed by atoms with E-state index in [1.807, 2.05) is 24.3 Å². The van der Waals surface area contributed by atoms with Crippen molar-refractivity contribution in [1.29, 1.82) is 0 Å². The van der Waals surface area contributed by atoms with Gasteiger partial charge in [-0.25, -0.2) is 0 Å². The molecule has 0 fully saturated rings. The van der Waals surface area contributed by atoms with Gasteiger partial charge in [0.2, 0.25) is 5.91 Å². The van der Waals surface area contributed by atoms with E-state index in [4.69, 9.17) is 0 Å². The quantitative estimate of drug-likeness (QED) is 0.460. The van der Waals surface area contributed by atoms with E-state index < -0.39 is 4.92 Å². The summed E-state index contributed by atoms with van der Waals surface area (Å²) in [6.07, 6.45) is 6.39. The molecule has 5 heteroatoms. The molecule has 0 aromatic heterocycles. The zero-order valence-corrected chi connectivity index (χ0v) is 13.6. The summed E-state index contributed by atoms with van der Waals surface area (Å²) in [4.78, 5) is 22.0. The number of nitro benzene ring substituents is 1. The fraction of sp³-hybridized carbons (Fsp3) is 0.211. The van der Waals surface area contributed by atoms with Crippen LogP contribution in [0, 0.1) is 10.1 Å². The Morgan fingerprint density at radius 2 is 1.79 bits per heavy atom. The predicted octanol–water partition coefficient (Wildman–Crippen LogP) is 4.59. The van der Waals surface area contributed by atoms with Crippen LogP contribution in [-0.2, 0) is 11.2 Å². The highest BCUT2D eigenvalue weighted by atomic mass is 16.6. The fourth-order valence-electron chi connectivity index (χ4n) is 2.20. The normalized spacial score (nSPS) is 10.7. The molecule has 2 rings (SSSR count). The number of carbonyl (C=O) groups is 1. The van der Waals surface area contributed by atoms with E-state index in [2.05, 4.69) is 12.2 Å². The Morgan fingerprint density at radius 3 is 2.38 bits per heavy atom. The molecule has 0 spiro atoms. The monoisotopic (exact) mass is 324 g/mol. The predicted molar refractivity (Wildman–Crippen MR) is 95.8 cm³/mol. The van der Waals surface area contributed by atoms with Gasteiger partial charge < -0.3 is 5.32 Å². The van der Waals surface area contributed by atoms with Crippen LogP contribution in [0.4, 0.5) is 11.4 Å². The molecular weight excluding hydrogens is 304 g/mol. The average molecular weight is 324 g/mol. The van der Waals surface area contributed by atoms with E-state index in [0.717, 1.165) is 30.5 Å². The molecule has 0 bridgehead atoms. The first-order valence-electron chi connectivity index (χ1n) is 7.91. The van der Waals surface area contributed by atoms with Crippen molar-refractivity contribution in [2.24, 2.45) is 0 Å². The van der Waals surface area contributed by atoms with Crippen molar-refractivity contribution >= 4 is 23.4 Å². The Morgan fingerprint density at radius 1 is 1.12 bits per heavy atom. The van der Waals surface area contributed by atoms with Crippen molar-refractivity contribution in [1.82, 2.24) is 0 Å². The summed E-state index contributed by atoms with van der Waals surface area (Å²) in [5, 5.41) is 13.4. The number of nitro groups is 1. The van der Waals surface area contributed by atoms with E-state index in [1.54, 1.807) is 18.2 Å². The van der Waals surface area contributed by atoms with Gasteiger partial charge in [0.05, 0.1) is 4.92 Å². The van der Waals surface area contributed by atoms with Crippen LogP contribution in [0.2, 0.25) is 0 Å². The standard InChI is InChI=1S/C19H20N2O3/c1-2-3-4-15-5-10-17(11-6-15)20-19(22)14-9-16-7-12-18(13-8-16)21(23)24/h5-14H,2-4H2,1H3,(H,20,22). The molecule has 0 unspecified atom stereocenters. The summed E-state index contributed by atoms with van der Waals surface area (Å²) in [6, 6.07) is 13.8. The summed E-state index contributed by atoms with van der Waals surface area (Å²) >= 11 is 0. The Bertz CT molecular complexity index is 719. The van der Waals surface area contributed by atoms with E-state index in [9.17, 15) is 14.9 Å². The highest BCUT2D eigenvalue weighted by molar-refractivity contribution is 6.01. The molecule has 0 atom stereocenters. The number of rotatable bonds is 7. The van der Waals surface area contributed by atoms with E-state index in [-0.39, 0.29) is 11.6 Å². The molecule has 0 heterocycles. The number of aryl methyl sites for hydroxylation is 1. The van der Waals surface area contributed by atoms with Gasteiger partial charge in [-0.3, -0.25) is 14.9 Å². The third kappa shape index (κ3) is 5.35. The third-order valence-corrected chi connectivity index (χ3v) is 3.57. The number of anilines is 1. The molecule has 24 heavy (non-hydrogen) atoms. The summed E-state index contributed by atoms with van der Waals surface area (Å²) in [5.74, 6) is -0.241. The second-order valence-corrected chi connectivity index (χ2v) is 5.47. The molecule has 124 valence electrons. The third-order valence-electron chi connectivity index (χ3n) is 3.57. The molecule has 0 aliphatic heterocycles. The Kier molecular flexibility index (Phi) is 6.25. The van der Waals surface area contributed by atoms with Crippen LogP contribution in [0.15, 0.2) is 54.6 Å². The lowest BCUT2D eigenvalue weighted by atomic mass is 10.1. The van der Waals surface area contributed by atoms with Gasteiger partial charge in [-0.15, -0.1) is 0 Å². The summed E-state index contributed by atoms with van der Waals surface area (Å²) in [5.41, 5.74) is 2.76. The minimum absolute atomic E-state index is 0.0276. The van der Waals surface area contributed by atoms with Gasteiger partial charge in [0, 0.05) is 23.9 Å². The molecule has 0 radical (unpaired) electrons. The molecule has 0 aliphatic carbocycles. The number of benzene rings is 2. The van der Waals surface area contributed by atoms with Crippen molar-refractivity contribution in [2.75, 3.05) is 5.32 Å². The minimum Gasteiger partial charge on any atom is -0.323 e. The second-order valence-electron chi connectivity index (χ2n) is 5.47. The molecule has 1 amide bonds. The number of nitrogens with zero attached hydrogens (tertiary/aromatic N) is 1. The second kappa shape index (κ2) is 8.62. The number of amides is 1. The largest absolute Gasteiger partial charge is 0.323 e. The van der Waals surface area contributed by atoms with E-state index in [1.165, 1.54) is 23.8 Å². The van der Waals surface area contributed by atoms with Crippen molar-refractivity contribution in [3.63, 3.8) is 0 Å². The maximum Gasteiger partial charge on any atom is 0.269 e. The van der Waals surface area contributed by atoms with Gasteiger partial charge in [0.1, 0.15) is 0 Å². The Labute approximate surface area is 141 Å². The number of unbranched alkanes of at least 4 members (excludes halogenated alkanes) is 1. The lowest BCUT2D eigenvalue weighted by Gasteiger charge is -2.04. The molecule has 0 saturated heterocycles.